The molecule has 80 valence electrons. The fourth-order valence-electron chi connectivity index (χ4n) is 1.10. The van der Waals surface area contributed by atoms with Gasteiger partial charge in [0.25, 0.3) is 0 Å². The summed E-state index contributed by atoms with van der Waals surface area (Å²) in [6, 6.07) is 4.66. The Kier molecular flexibility index (Phi) is 3.82. The Labute approximate surface area is 87.3 Å². The Morgan fingerprint density at radius 3 is 2.87 bits per heavy atom. The third kappa shape index (κ3) is 2.78. The molecule has 0 heterocycles. The second-order valence-electron chi connectivity index (χ2n) is 2.86. The highest BCUT2D eigenvalue weighted by Crippen LogP contribution is 2.27. The average Bonchev–Trinajstić information content (AvgIpc) is 2.26. The molecule has 0 saturated carbocycles. The minimum Gasteiger partial charge on any atom is -0.483 e. The summed E-state index contributed by atoms with van der Waals surface area (Å²) in [5.74, 6) is 0.233. The van der Waals surface area contributed by atoms with Gasteiger partial charge in [-0.25, -0.2) is 0 Å². The van der Waals surface area contributed by atoms with Crippen LogP contribution in [0.2, 0.25) is 0 Å². The lowest BCUT2D eigenvalue weighted by Gasteiger charge is -2.05. The van der Waals surface area contributed by atoms with Crippen molar-refractivity contribution < 1.29 is 9.66 Å². The molecule has 1 rings (SSSR count). The van der Waals surface area contributed by atoms with E-state index in [0.717, 1.165) is 0 Å². The number of nitro groups is 1. The van der Waals surface area contributed by atoms with Gasteiger partial charge in [0.15, 0.2) is 5.75 Å². The van der Waals surface area contributed by atoms with Crippen LogP contribution in [0.4, 0.5) is 5.69 Å². The van der Waals surface area contributed by atoms with E-state index in [1.54, 1.807) is 12.1 Å². The minimum absolute atomic E-state index is 0.0696. The molecule has 1 aromatic carbocycles. The van der Waals surface area contributed by atoms with Crippen molar-refractivity contribution >= 4 is 5.69 Å². The summed E-state index contributed by atoms with van der Waals surface area (Å²) in [4.78, 5) is 10.2. The highest BCUT2D eigenvalue weighted by Gasteiger charge is 2.14. The first-order valence-corrected chi connectivity index (χ1v) is 4.40. The molecule has 0 aliphatic heterocycles. The van der Waals surface area contributed by atoms with Gasteiger partial charge in [0.1, 0.15) is 6.61 Å². The van der Waals surface area contributed by atoms with Crippen molar-refractivity contribution in [1.29, 1.82) is 0 Å². The van der Waals surface area contributed by atoms with Crippen molar-refractivity contribution in [2.24, 2.45) is 5.73 Å². The molecule has 0 amide bonds. The fourth-order valence-corrected chi connectivity index (χ4v) is 1.10. The SMILES string of the molecule is C=CCOc1ccc(CN)cc1[N+](=O)[O-]. The summed E-state index contributed by atoms with van der Waals surface area (Å²) in [7, 11) is 0. The lowest BCUT2D eigenvalue weighted by atomic mass is 10.2. The molecule has 0 bridgehead atoms. The van der Waals surface area contributed by atoms with Crippen LogP contribution in [0.15, 0.2) is 30.9 Å². The first-order valence-electron chi connectivity index (χ1n) is 4.40. The zero-order valence-corrected chi connectivity index (χ0v) is 8.18. The van der Waals surface area contributed by atoms with Crippen molar-refractivity contribution in [2.45, 2.75) is 6.54 Å². The van der Waals surface area contributed by atoms with Crippen molar-refractivity contribution in [3.63, 3.8) is 0 Å². The number of ether oxygens (including phenoxy) is 1. The second-order valence-corrected chi connectivity index (χ2v) is 2.86. The smallest absolute Gasteiger partial charge is 0.311 e. The number of nitrogens with two attached hydrogens (primary N) is 1. The second kappa shape index (κ2) is 5.11. The topological polar surface area (TPSA) is 78.4 Å². The minimum atomic E-state index is -0.489. The van der Waals surface area contributed by atoms with E-state index >= 15 is 0 Å². The molecular formula is C10H12N2O3. The fraction of sp³-hybridized carbons (Fsp3) is 0.200. The van der Waals surface area contributed by atoms with Gasteiger partial charge in [-0.1, -0.05) is 18.7 Å². The maximum absolute atomic E-state index is 10.7. The van der Waals surface area contributed by atoms with E-state index in [2.05, 4.69) is 6.58 Å². The van der Waals surface area contributed by atoms with Crippen LogP contribution in [0.25, 0.3) is 0 Å². The standard InChI is InChI=1S/C10H12N2O3/c1-2-5-15-10-4-3-8(7-11)6-9(10)12(13)14/h2-4,6H,1,5,7,11H2. The van der Waals surface area contributed by atoms with Gasteiger partial charge < -0.3 is 10.5 Å². The highest BCUT2D eigenvalue weighted by molar-refractivity contribution is 5.48. The first-order chi connectivity index (χ1) is 7.19. The summed E-state index contributed by atoms with van der Waals surface area (Å²) >= 11 is 0. The largest absolute Gasteiger partial charge is 0.483 e. The molecule has 0 spiro atoms. The Hall–Kier alpha value is -1.88. The molecule has 0 saturated heterocycles. The average molecular weight is 208 g/mol. The zero-order valence-electron chi connectivity index (χ0n) is 8.18. The Morgan fingerprint density at radius 2 is 2.33 bits per heavy atom. The molecule has 2 N–H and O–H groups in total. The van der Waals surface area contributed by atoms with Gasteiger partial charge in [-0.3, -0.25) is 10.1 Å². The third-order valence-corrected chi connectivity index (χ3v) is 1.81. The number of hydrogen-bond acceptors (Lipinski definition) is 4. The molecule has 5 heteroatoms. The van der Waals surface area contributed by atoms with Crippen LogP contribution in [-0.4, -0.2) is 11.5 Å². The summed E-state index contributed by atoms with van der Waals surface area (Å²) < 4.78 is 5.15. The molecule has 0 fully saturated rings. The van der Waals surface area contributed by atoms with Crippen molar-refractivity contribution in [2.75, 3.05) is 6.61 Å². The van der Waals surface area contributed by atoms with E-state index in [0.29, 0.717) is 5.56 Å². The molecule has 0 atom stereocenters. The van der Waals surface area contributed by atoms with Gasteiger partial charge in [-0.2, -0.15) is 0 Å². The monoisotopic (exact) mass is 208 g/mol. The number of nitrogens with zero attached hydrogens (tertiary/aromatic N) is 1. The number of benzene rings is 1. The molecule has 0 radical (unpaired) electrons. The Morgan fingerprint density at radius 1 is 1.60 bits per heavy atom. The molecule has 0 unspecified atom stereocenters. The van der Waals surface area contributed by atoms with Crippen LogP contribution >= 0.6 is 0 Å². The van der Waals surface area contributed by atoms with E-state index in [1.165, 1.54) is 12.1 Å². The molecule has 15 heavy (non-hydrogen) atoms. The van der Waals surface area contributed by atoms with Gasteiger partial charge in [0, 0.05) is 12.6 Å². The lowest BCUT2D eigenvalue weighted by molar-refractivity contribution is -0.385. The summed E-state index contributed by atoms with van der Waals surface area (Å²) in [6.07, 6.45) is 1.53. The summed E-state index contributed by atoms with van der Waals surface area (Å²) in [6.45, 7) is 3.97. The Bertz CT molecular complexity index is 377. The van der Waals surface area contributed by atoms with E-state index in [9.17, 15) is 10.1 Å². The third-order valence-electron chi connectivity index (χ3n) is 1.81. The predicted octanol–water partition coefficient (Wildman–Crippen LogP) is 1.62. The lowest BCUT2D eigenvalue weighted by Crippen LogP contribution is -2.01. The van der Waals surface area contributed by atoms with Gasteiger partial charge in [0.2, 0.25) is 0 Å². The van der Waals surface area contributed by atoms with Crippen molar-refractivity contribution in [3.8, 4) is 5.75 Å². The van der Waals surface area contributed by atoms with Crippen LogP contribution in [0.3, 0.4) is 0 Å². The number of rotatable bonds is 5. The molecule has 5 nitrogen and oxygen atoms in total. The van der Waals surface area contributed by atoms with E-state index < -0.39 is 4.92 Å². The maximum Gasteiger partial charge on any atom is 0.311 e. The normalized spacial score (nSPS) is 9.67. The van der Waals surface area contributed by atoms with Crippen LogP contribution < -0.4 is 10.5 Å². The molecule has 0 aromatic heterocycles. The van der Waals surface area contributed by atoms with E-state index in [-0.39, 0.29) is 24.6 Å². The number of nitro benzene ring substituents is 1. The number of hydrogen-bond donors (Lipinski definition) is 1. The predicted molar refractivity (Wildman–Crippen MR) is 56.7 cm³/mol. The molecular weight excluding hydrogens is 196 g/mol. The molecule has 0 aliphatic carbocycles. The van der Waals surface area contributed by atoms with E-state index in [1.807, 2.05) is 0 Å². The van der Waals surface area contributed by atoms with Gasteiger partial charge in [-0.15, -0.1) is 0 Å². The van der Waals surface area contributed by atoms with Crippen LogP contribution in [0.1, 0.15) is 5.56 Å². The zero-order chi connectivity index (χ0) is 11.3. The summed E-state index contributed by atoms with van der Waals surface area (Å²) in [5.41, 5.74) is 6.02. The van der Waals surface area contributed by atoms with Crippen LogP contribution in [-0.2, 0) is 6.54 Å². The van der Waals surface area contributed by atoms with Gasteiger partial charge in [-0.05, 0) is 11.6 Å². The van der Waals surface area contributed by atoms with Gasteiger partial charge >= 0.3 is 5.69 Å². The highest BCUT2D eigenvalue weighted by atomic mass is 16.6. The van der Waals surface area contributed by atoms with Gasteiger partial charge in [0.05, 0.1) is 4.92 Å². The van der Waals surface area contributed by atoms with Crippen LogP contribution in [0, 0.1) is 10.1 Å². The van der Waals surface area contributed by atoms with Crippen LogP contribution in [0.5, 0.6) is 5.75 Å². The van der Waals surface area contributed by atoms with Crippen molar-refractivity contribution in [3.05, 3.63) is 46.5 Å². The maximum atomic E-state index is 10.7. The molecule has 0 aliphatic rings. The quantitative estimate of drug-likeness (QED) is 0.453. The van der Waals surface area contributed by atoms with E-state index in [4.69, 9.17) is 10.5 Å². The molecule has 1 aromatic rings. The first kappa shape index (κ1) is 11.2. The summed E-state index contributed by atoms with van der Waals surface area (Å²) in [5, 5.41) is 10.7. The van der Waals surface area contributed by atoms with Crippen molar-refractivity contribution in [1.82, 2.24) is 0 Å². The Balaban J connectivity index is 3.03.